The summed E-state index contributed by atoms with van der Waals surface area (Å²) in [6.45, 7) is 2.15. The number of benzene rings is 2. The summed E-state index contributed by atoms with van der Waals surface area (Å²) < 4.78 is 33.8. The van der Waals surface area contributed by atoms with Crippen molar-refractivity contribution in [1.82, 2.24) is 0 Å². The van der Waals surface area contributed by atoms with Gasteiger partial charge in [-0.3, -0.25) is 4.79 Å². The molecule has 3 rings (SSSR count). The molecule has 3 aromatic rings. The summed E-state index contributed by atoms with van der Waals surface area (Å²) in [6, 6.07) is 17.4. The number of rotatable bonds is 7. The van der Waals surface area contributed by atoms with Crippen LogP contribution in [0.4, 0.5) is 5.69 Å². The number of amides is 1. The van der Waals surface area contributed by atoms with Crippen molar-refractivity contribution in [2.45, 2.75) is 19.3 Å². The van der Waals surface area contributed by atoms with Gasteiger partial charge in [-0.25, -0.2) is 8.42 Å². The van der Waals surface area contributed by atoms with Crippen molar-refractivity contribution in [1.29, 1.82) is 5.26 Å². The molecule has 30 heavy (non-hydrogen) atoms. The number of furan rings is 1. The Morgan fingerprint density at radius 1 is 1.17 bits per heavy atom. The lowest BCUT2D eigenvalue weighted by atomic mass is 10.1. The Morgan fingerprint density at radius 3 is 2.67 bits per heavy atom. The summed E-state index contributed by atoms with van der Waals surface area (Å²) in [5, 5.41) is 11.7. The minimum atomic E-state index is -3.24. The molecule has 0 radical (unpaired) electrons. The van der Waals surface area contributed by atoms with E-state index in [0.717, 1.165) is 17.4 Å². The monoisotopic (exact) mass is 424 g/mol. The lowest BCUT2D eigenvalue weighted by Gasteiger charge is -2.11. The van der Waals surface area contributed by atoms with Crippen LogP contribution in [0.3, 0.4) is 0 Å². The second kappa shape index (κ2) is 8.84. The quantitative estimate of drug-likeness (QED) is 0.617. The molecular formula is C22H20N2O5S. The van der Waals surface area contributed by atoms with Crippen LogP contribution in [0.5, 0.6) is 5.75 Å². The second-order valence-corrected chi connectivity index (χ2v) is 9.01. The van der Waals surface area contributed by atoms with Crippen LogP contribution >= 0.6 is 0 Å². The van der Waals surface area contributed by atoms with Crippen LogP contribution < -0.4 is 10.1 Å². The molecule has 0 unspecified atom stereocenters. The summed E-state index contributed by atoms with van der Waals surface area (Å²) in [6.07, 6.45) is 1.10. The molecule has 0 saturated carbocycles. The highest BCUT2D eigenvalue weighted by atomic mass is 32.2. The van der Waals surface area contributed by atoms with Gasteiger partial charge >= 0.3 is 0 Å². The number of hydrogen-bond acceptors (Lipinski definition) is 6. The van der Waals surface area contributed by atoms with Gasteiger partial charge in [0, 0.05) is 11.9 Å². The normalized spacial score (nSPS) is 11.0. The Labute approximate surface area is 174 Å². The van der Waals surface area contributed by atoms with E-state index < -0.39 is 15.7 Å². The molecule has 0 bridgehead atoms. The topological polar surface area (TPSA) is 109 Å². The van der Waals surface area contributed by atoms with Crippen LogP contribution in [0.2, 0.25) is 0 Å². The maximum Gasteiger partial charge on any atom is 0.291 e. The first kappa shape index (κ1) is 21.1. The lowest BCUT2D eigenvalue weighted by Crippen LogP contribution is -2.12. The van der Waals surface area contributed by atoms with E-state index in [9.17, 15) is 13.2 Å². The standard InChI is InChI=1S/C22H20N2O5S/c1-15-10-18(28-13-17-5-3-4-16(11-17)12-23)6-8-20(15)24-22(25)21-9-7-19(29-21)14-30(2,26)27/h3-11H,13-14H2,1-2H3,(H,24,25). The van der Waals surface area contributed by atoms with E-state index in [4.69, 9.17) is 14.4 Å². The number of sulfone groups is 1. The molecule has 8 heteroatoms. The number of ether oxygens (including phenoxy) is 1. The van der Waals surface area contributed by atoms with Crippen molar-refractivity contribution >= 4 is 21.4 Å². The zero-order valence-corrected chi connectivity index (χ0v) is 17.3. The third kappa shape index (κ3) is 5.72. The number of nitrogens with zero attached hydrogens (tertiary/aromatic N) is 1. The highest BCUT2D eigenvalue weighted by Crippen LogP contribution is 2.23. The second-order valence-electron chi connectivity index (χ2n) is 6.87. The van der Waals surface area contributed by atoms with E-state index in [2.05, 4.69) is 11.4 Å². The molecule has 0 fully saturated rings. The van der Waals surface area contributed by atoms with Crippen LogP contribution in [0.15, 0.2) is 59.0 Å². The molecule has 0 aliphatic rings. The molecule has 1 amide bonds. The predicted octanol–water partition coefficient (Wildman–Crippen LogP) is 3.84. The SMILES string of the molecule is Cc1cc(OCc2cccc(C#N)c2)ccc1NC(=O)c1ccc(CS(C)(=O)=O)o1. The Kier molecular flexibility index (Phi) is 6.23. The van der Waals surface area contributed by atoms with E-state index in [0.29, 0.717) is 23.6 Å². The molecule has 7 nitrogen and oxygen atoms in total. The van der Waals surface area contributed by atoms with Gasteiger partial charge in [0.15, 0.2) is 15.6 Å². The Bertz CT molecular complexity index is 1220. The summed E-state index contributed by atoms with van der Waals surface area (Å²) in [7, 11) is -3.24. The van der Waals surface area contributed by atoms with Gasteiger partial charge in [0.05, 0.1) is 11.6 Å². The highest BCUT2D eigenvalue weighted by Gasteiger charge is 2.15. The fourth-order valence-corrected chi connectivity index (χ4v) is 3.46. The van der Waals surface area contributed by atoms with Gasteiger partial charge in [-0.1, -0.05) is 12.1 Å². The minimum absolute atomic E-state index is 0.0331. The molecule has 0 spiro atoms. The fraction of sp³-hybridized carbons (Fsp3) is 0.182. The summed E-state index contributed by atoms with van der Waals surface area (Å²) in [4.78, 5) is 12.4. The van der Waals surface area contributed by atoms with E-state index >= 15 is 0 Å². The fourth-order valence-electron chi connectivity index (χ4n) is 2.78. The van der Waals surface area contributed by atoms with Crippen molar-refractivity contribution in [2.24, 2.45) is 0 Å². The van der Waals surface area contributed by atoms with Gasteiger partial charge < -0.3 is 14.5 Å². The largest absolute Gasteiger partial charge is 0.489 e. The zero-order valence-electron chi connectivity index (χ0n) is 16.5. The smallest absolute Gasteiger partial charge is 0.291 e. The zero-order chi connectivity index (χ0) is 21.7. The lowest BCUT2D eigenvalue weighted by molar-refractivity contribution is 0.0995. The number of aryl methyl sites for hydroxylation is 1. The van der Waals surface area contributed by atoms with E-state index in [1.165, 1.54) is 12.1 Å². The van der Waals surface area contributed by atoms with Gasteiger partial charge in [0.1, 0.15) is 23.9 Å². The van der Waals surface area contributed by atoms with Crippen molar-refractivity contribution in [2.75, 3.05) is 11.6 Å². The average molecular weight is 424 g/mol. The summed E-state index contributed by atoms with van der Waals surface area (Å²) in [5.74, 6) is 0.137. The predicted molar refractivity (Wildman–Crippen MR) is 112 cm³/mol. The molecule has 1 N–H and O–H groups in total. The first-order valence-electron chi connectivity index (χ1n) is 9.04. The van der Waals surface area contributed by atoms with Gasteiger partial charge in [-0.05, 0) is 60.5 Å². The van der Waals surface area contributed by atoms with Gasteiger partial charge in [-0.15, -0.1) is 0 Å². The van der Waals surface area contributed by atoms with Crippen LogP contribution in [-0.2, 0) is 22.2 Å². The van der Waals surface area contributed by atoms with E-state index in [1.54, 1.807) is 36.4 Å². The number of carbonyl (C=O) groups excluding carboxylic acids is 1. The van der Waals surface area contributed by atoms with Crippen molar-refractivity contribution in [3.8, 4) is 11.8 Å². The molecule has 1 aromatic heterocycles. The third-order valence-electron chi connectivity index (χ3n) is 4.20. The van der Waals surface area contributed by atoms with E-state index in [-0.39, 0.29) is 17.3 Å². The Hall–Kier alpha value is -3.57. The molecule has 0 saturated heterocycles. The maximum atomic E-state index is 12.4. The van der Waals surface area contributed by atoms with Crippen molar-refractivity contribution in [3.05, 3.63) is 82.8 Å². The van der Waals surface area contributed by atoms with E-state index in [1.807, 2.05) is 13.0 Å². The van der Waals surface area contributed by atoms with Crippen molar-refractivity contribution < 1.29 is 22.4 Å². The van der Waals surface area contributed by atoms with Crippen LogP contribution in [0.25, 0.3) is 0 Å². The molecular weight excluding hydrogens is 404 g/mol. The summed E-state index contributed by atoms with van der Waals surface area (Å²) >= 11 is 0. The number of nitriles is 1. The molecule has 154 valence electrons. The number of nitrogens with one attached hydrogen (secondary N) is 1. The number of hydrogen-bond donors (Lipinski definition) is 1. The van der Waals surface area contributed by atoms with Crippen LogP contribution in [0.1, 0.15) is 33.0 Å². The van der Waals surface area contributed by atoms with Crippen LogP contribution in [-0.4, -0.2) is 20.6 Å². The van der Waals surface area contributed by atoms with Crippen LogP contribution in [0, 0.1) is 18.3 Å². The molecule has 0 aliphatic carbocycles. The Morgan fingerprint density at radius 2 is 1.97 bits per heavy atom. The molecule has 1 heterocycles. The first-order chi connectivity index (χ1) is 14.2. The first-order valence-corrected chi connectivity index (χ1v) is 11.1. The number of carbonyl (C=O) groups is 1. The van der Waals surface area contributed by atoms with Crippen molar-refractivity contribution in [3.63, 3.8) is 0 Å². The van der Waals surface area contributed by atoms with Gasteiger partial charge in [0.2, 0.25) is 0 Å². The molecule has 0 atom stereocenters. The third-order valence-corrected chi connectivity index (χ3v) is 5.01. The Balaban J connectivity index is 1.63. The highest BCUT2D eigenvalue weighted by molar-refractivity contribution is 7.89. The molecule has 2 aromatic carbocycles. The summed E-state index contributed by atoms with van der Waals surface area (Å²) in [5.41, 5.74) is 2.82. The maximum absolute atomic E-state index is 12.4. The van der Waals surface area contributed by atoms with Gasteiger partial charge in [-0.2, -0.15) is 5.26 Å². The number of anilines is 1. The van der Waals surface area contributed by atoms with Gasteiger partial charge in [0.25, 0.3) is 5.91 Å². The average Bonchev–Trinajstić information content (AvgIpc) is 3.15. The minimum Gasteiger partial charge on any atom is -0.489 e. The molecule has 0 aliphatic heterocycles.